The summed E-state index contributed by atoms with van der Waals surface area (Å²) in [6.07, 6.45) is 9.25. The maximum absolute atomic E-state index is 14.1. The molecule has 0 bridgehead atoms. The highest BCUT2D eigenvalue weighted by molar-refractivity contribution is 6.11. The van der Waals surface area contributed by atoms with Gasteiger partial charge in [-0.2, -0.15) is 0 Å². The Morgan fingerprint density at radius 1 is 0.550 bits per heavy atom. The molecular weight excluding hydrogens is 501 g/mol. The van der Waals surface area contributed by atoms with Crippen molar-refractivity contribution in [2.45, 2.75) is 0 Å². The van der Waals surface area contributed by atoms with Crippen molar-refractivity contribution in [1.82, 2.24) is 24.1 Å². The Kier molecular flexibility index (Phi) is 4.14. The topological polar surface area (TPSA) is 61.7 Å². The van der Waals surface area contributed by atoms with Gasteiger partial charge in [0.2, 0.25) is 0 Å². The lowest BCUT2D eigenvalue weighted by atomic mass is 10.1. The first-order valence-electron chi connectivity index (χ1n) is 12.9. The molecule has 0 saturated heterocycles. The van der Waals surface area contributed by atoms with Crippen molar-refractivity contribution in [1.29, 1.82) is 0 Å². The average molecular weight is 520 g/mol. The second-order valence-electron chi connectivity index (χ2n) is 9.95. The normalized spacial score (nSPS) is 12.1. The summed E-state index contributed by atoms with van der Waals surface area (Å²) in [5.41, 5.74) is 8.43. The van der Waals surface area contributed by atoms with Crippen LogP contribution in [0.15, 0.2) is 114 Å². The highest BCUT2D eigenvalue weighted by Gasteiger charge is 2.18. The first-order valence-corrected chi connectivity index (χ1v) is 12.9. The molecular formula is C33H18FN5O. The van der Waals surface area contributed by atoms with Crippen molar-refractivity contribution in [2.24, 2.45) is 0 Å². The molecule has 0 unspecified atom stereocenters. The van der Waals surface area contributed by atoms with Gasteiger partial charge >= 0.3 is 0 Å². The molecule has 0 saturated carbocycles. The molecule has 0 aliphatic heterocycles. The lowest BCUT2D eigenvalue weighted by Crippen LogP contribution is -1.96. The summed E-state index contributed by atoms with van der Waals surface area (Å²) < 4.78 is 24.6. The minimum Gasteiger partial charge on any atom is -0.456 e. The predicted octanol–water partition coefficient (Wildman–Crippen LogP) is 8.10. The molecule has 0 radical (unpaired) electrons. The summed E-state index contributed by atoms with van der Waals surface area (Å²) in [7, 11) is 0. The first kappa shape index (κ1) is 21.4. The van der Waals surface area contributed by atoms with Gasteiger partial charge in [-0.1, -0.05) is 0 Å². The van der Waals surface area contributed by atoms with Crippen LogP contribution in [0.4, 0.5) is 4.39 Å². The molecule has 7 heteroatoms. The fourth-order valence-corrected chi connectivity index (χ4v) is 6.10. The molecule has 6 heterocycles. The van der Waals surface area contributed by atoms with Crippen LogP contribution in [0.1, 0.15) is 0 Å². The average Bonchev–Trinajstić information content (AvgIpc) is 3.64. The molecule has 9 aromatic rings. The lowest BCUT2D eigenvalue weighted by molar-refractivity contribution is 0.626. The van der Waals surface area contributed by atoms with E-state index in [1.54, 1.807) is 6.07 Å². The largest absolute Gasteiger partial charge is 0.456 e. The monoisotopic (exact) mass is 519 g/mol. The Hall–Kier alpha value is -5.56. The molecule has 6 aromatic heterocycles. The molecule has 188 valence electrons. The Bertz CT molecular complexity index is 2410. The van der Waals surface area contributed by atoms with E-state index in [9.17, 15) is 4.39 Å². The minimum absolute atomic E-state index is 0.286. The van der Waals surface area contributed by atoms with Crippen LogP contribution in [-0.4, -0.2) is 24.1 Å². The van der Waals surface area contributed by atoms with Gasteiger partial charge in [0.25, 0.3) is 0 Å². The highest BCUT2D eigenvalue weighted by atomic mass is 19.1. The lowest BCUT2D eigenvalue weighted by Gasteiger charge is -2.10. The van der Waals surface area contributed by atoms with Crippen LogP contribution < -0.4 is 0 Å². The van der Waals surface area contributed by atoms with Gasteiger partial charge in [0.15, 0.2) is 0 Å². The van der Waals surface area contributed by atoms with Gasteiger partial charge in [-0.3, -0.25) is 15.0 Å². The summed E-state index contributed by atoms with van der Waals surface area (Å²) >= 11 is 0. The van der Waals surface area contributed by atoms with Crippen LogP contribution in [0.25, 0.3) is 77.1 Å². The number of hydrogen-bond acceptors (Lipinski definition) is 4. The van der Waals surface area contributed by atoms with E-state index in [0.717, 1.165) is 71.5 Å². The Morgan fingerprint density at radius 3 is 1.95 bits per heavy atom. The molecule has 0 spiro atoms. The smallest absolute Gasteiger partial charge is 0.135 e. The standard InChI is InChI=1S/C33H18FN5O/c34-19-3-7-31-22(14-19)23-15-21(5-8-32(23)40-31)39-27-6-4-20(16-24(27)33-30(39)2-1-11-37-33)38-28-9-12-35-17-25(28)26-18-36-13-10-29(26)38/h1-18H. The van der Waals surface area contributed by atoms with Gasteiger partial charge < -0.3 is 13.6 Å². The first-order chi connectivity index (χ1) is 19.7. The third kappa shape index (κ3) is 2.83. The Balaban J connectivity index is 1.33. The van der Waals surface area contributed by atoms with Crippen molar-refractivity contribution in [3.63, 3.8) is 0 Å². The molecule has 0 aliphatic carbocycles. The van der Waals surface area contributed by atoms with Crippen LogP contribution in [0.2, 0.25) is 0 Å². The van der Waals surface area contributed by atoms with E-state index >= 15 is 0 Å². The van der Waals surface area contributed by atoms with Crippen LogP contribution >= 0.6 is 0 Å². The van der Waals surface area contributed by atoms with Crippen molar-refractivity contribution < 1.29 is 8.81 Å². The SMILES string of the molecule is Fc1ccc2oc3ccc(-n4c5ccc(-n6c7ccncc7c7cnccc76)cc5c5ncccc54)cc3c2c1. The highest BCUT2D eigenvalue weighted by Crippen LogP contribution is 2.37. The van der Waals surface area contributed by atoms with E-state index in [1.807, 2.05) is 61.3 Å². The van der Waals surface area contributed by atoms with Gasteiger partial charge in [0.05, 0.1) is 27.6 Å². The molecule has 40 heavy (non-hydrogen) atoms. The van der Waals surface area contributed by atoms with Gasteiger partial charge in [-0.25, -0.2) is 4.39 Å². The molecule has 0 amide bonds. The van der Waals surface area contributed by atoms with E-state index in [4.69, 9.17) is 9.40 Å². The number of benzene rings is 3. The molecule has 3 aromatic carbocycles. The second-order valence-corrected chi connectivity index (χ2v) is 9.95. The number of pyridine rings is 3. The summed E-state index contributed by atoms with van der Waals surface area (Å²) in [6.45, 7) is 0. The number of aromatic nitrogens is 5. The summed E-state index contributed by atoms with van der Waals surface area (Å²) in [5.74, 6) is -0.286. The maximum Gasteiger partial charge on any atom is 0.135 e. The van der Waals surface area contributed by atoms with Gasteiger partial charge in [0.1, 0.15) is 17.0 Å². The molecule has 0 aliphatic rings. The van der Waals surface area contributed by atoms with Crippen LogP contribution in [-0.2, 0) is 0 Å². The number of nitrogens with zero attached hydrogens (tertiary/aromatic N) is 5. The second kappa shape index (κ2) is 7.74. The van der Waals surface area contributed by atoms with Crippen molar-refractivity contribution >= 4 is 65.7 Å². The quantitative estimate of drug-likeness (QED) is 0.231. The number of halogens is 1. The van der Waals surface area contributed by atoms with Crippen molar-refractivity contribution in [3.05, 3.63) is 116 Å². The third-order valence-electron chi connectivity index (χ3n) is 7.80. The number of hydrogen-bond donors (Lipinski definition) is 0. The fraction of sp³-hybridized carbons (Fsp3) is 0. The van der Waals surface area contributed by atoms with Gasteiger partial charge in [0, 0.05) is 69.3 Å². The molecule has 0 N–H and O–H groups in total. The molecule has 9 rings (SSSR count). The summed E-state index contributed by atoms with van der Waals surface area (Å²) in [6, 6.07) is 25.3. The zero-order chi connectivity index (χ0) is 26.4. The minimum atomic E-state index is -0.286. The Labute approximate surface area is 225 Å². The van der Waals surface area contributed by atoms with E-state index in [2.05, 4.69) is 49.4 Å². The number of furan rings is 1. The maximum atomic E-state index is 14.1. The molecule has 0 fully saturated rings. The van der Waals surface area contributed by atoms with Crippen LogP contribution in [0.5, 0.6) is 0 Å². The fourth-order valence-electron chi connectivity index (χ4n) is 6.10. The van der Waals surface area contributed by atoms with E-state index in [1.165, 1.54) is 12.1 Å². The van der Waals surface area contributed by atoms with E-state index < -0.39 is 0 Å². The van der Waals surface area contributed by atoms with Crippen molar-refractivity contribution in [2.75, 3.05) is 0 Å². The van der Waals surface area contributed by atoms with E-state index in [-0.39, 0.29) is 5.82 Å². The third-order valence-corrected chi connectivity index (χ3v) is 7.80. The summed E-state index contributed by atoms with van der Waals surface area (Å²) in [4.78, 5) is 13.5. The Morgan fingerprint density at radius 2 is 1.18 bits per heavy atom. The van der Waals surface area contributed by atoms with Crippen LogP contribution in [0, 0.1) is 5.82 Å². The zero-order valence-electron chi connectivity index (χ0n) is 20.9. The van der Waals surface area contributed by atoms with Gasteiger partial charge in [-0.05, 0) is 78.9 Å². The molecule has 6 nitrogen and oxygen atoms in total. The molecule has 0 atom stereocenters. The van der Waals surface area contributed by atoms with Crippen LogP contribution in [0.3, 0.4) is 0 Å². The van der Waals surface area contributed by atoms with Crippen molar-refractivity contribution in [3.8, 4) is 11.4 Å². The number of rotatable bonds is 2. The van der Waals surface area contributed by atoms with Gasteiger partial charge in [-0.15, -0.1) is 0 Å². The van der Waals surface area contributed by atoms with E-state index in [0.29, 0.717) is 5.58 Å². The predicted molar refractivity (Wildman–Crippen MR) is 156 cm³/mol. The zero-order valence-corrected chi connectivity index (χ0v) is 20.9. The number of fused-ring (bicyclic) bond motifs is 9. The summed E-state index contributed by atoms with van der Waals surface area (Å²) in [5, 5.41) is 4.78.